The van der Waals surface area contributed by atoms with Crippen LogP contribution >= 0.6 is 0 Å². The van der Waals surface area contributed by atoms with Gasteiger partial charge in [-0.2, -0.15) is 5.21 Å². The van der Waals surface area contributed by atoms with Crippen LogP contribution in [0.25, 0.3) is 0 Å². The molecule has 0 spiro atoms. The van der Waals surface area contributed by atoms with Gasteiger partial charge >= 0.3 is 0 Å². The highest BCUT2D eigenvalue weighted by atomic mass is 16.5. The van der Waals surface area contributed by atoms with E-state index in [1.165, 1.54) is 0 Å². The zero-order chi connectivity index (χ0) is 9.97. The van der Waals surface area contributed by atoms with Crippen molar-refractivity contribution in [3.8, 4) is 0 Å². The molecule has 0 unspecified atom stereocenters. The molecule has 0 atom stereocenters. The normalized spacial score (nSPS) is 25.5. The summed E-state index contributed by atoms with van der Waals surface area (Å²) in [4.78, 5) is 11.4. The second-order valence-electron chi connectivity index (χ2n) is 3.23. The van der Waals surface area contributed by atoms with E-state index in [-0.39, 0.29) is 23.9 Å². The van der Waals surface area contributed by atoms with Crippen molar-refractivity contribution in [1.82, 2.24) is 25.9 Å². The third kappa shape index (κ3) is 1.72. The Hall–Kier alpha value is -1.50. The fraction of sp³-hybridized carbons (Fsp3) is 0.714. The van der Waals surface area contributed by atoms with Crippen molar-refractivity contribution in [2.24, 2.45) is 0 Å². The number of rotatable bonds is 3. The van der Waals surface area contributed by atoms with E-state index in [4.69, 9.17) is 4.74 Å². The predicted octanol–water partition coefficient (Wildman–Crippen LogP) is -0.893. The van der Waals surface area contributed by atoms with E-state index >= 15 is 0 Å². The molecule has 0 aromatic carbocycles. The lowest BCUT2D eigenvalue weighted by molar-refractivity contribution is 0.0174. The molecule has 7 nitrogen and oxygen atoms in total. The van der Waals surface area contributed by atoms with Gasteiger partial charge in [0.1, 0.15) is 0 Å². The Kier molecular flexibility index (Phi) is 2.40. The Labute approximate surface area is 80.2 Å². The average Bonchev–Trinajstić information content (AvgIpc) is 2.62. The molecule has 0 radical (unpaired) electrons. The number of carbonyl (C=O) groups excluding carboxylic acids is 1. The lowest BCUT2D eigenvalue weighted by Gasteiger charge is -2.34. The van der Waals surface area contributed by atoms with Gasteiger partial charge in [-0.3, -0.25) is 4.79 Å². The molecule has 7 heteroatoms. The summed E-state index contributed by atoms with van der Waals surface area (Å²) < 4.78 is 5.09. The second-order valence-corrected chi connectivity index (χ2v) is 3.23. The molecule has 0 saturated heterocycles. The van der Waals surface area contributed by atoms with E-state index in [1.807, 2.05) is 0 Å². The number of amides is 1. The van der Waals surface area contributed by atoms with Gasteiger partial charge in [0.25, 0.3) is 11.7 Å². The SMILES string of the molecule is COC1CC(NC(=O)c2nn[nH]n2)C1. The predicted molar refractivity (Wildman–Crippen MR) is 45.5 cm³/mol. The van der Waals surface area contributed by atoms with Crippen molar-refractivity contribution in [2.75, 3.05) is 7.11 Å². The van der Waals surface area contributed by atoms with Crippen LogP contribution in [0, 0.1) is 0 Å². The monoisotopic (exact) mass is 197 g/mol. The van der Waals surface area contributed by atoms with Crippen molar-refractivity contribution in [1.29, 1.82) is 0 Å². The molecule has 1 aliphatic carbocycles. The molecule has 14 heavy (non-hydrogen) atoms. The minimum atomic E-state index is -0.293. The number of aromatic amines is 1. The van der Waals surface area contributed by atoms with E-state index in [0.717, 1.165) is 12.8 Å². The van der Waals surface area contributed by atoms with Gasteiger partial charge in [-0.15, -0.1) is 10.2 Å². The summed E-state index contributed by atoms with van der Waals surface area (Å²) in [5.74, 6) is -0.218. The van der Waals surface area contributed by atoms with E-state index in [0.29, 0.717) is 0 Å². The van der Waals surface area contributed by atoms with Crippen LogP contribution in [-0.4, -0.2) is 45.8 Å². The van der Waals surface area contributed by atoms with Crippen LogP contribution in [0.3, 0.4) is 0 Å². The molecule has 1 heterocycles. The molecule has 1 fully saturated rings. The highest BCUT2D eigenvalue weighted by Crippen LogP contribution is 2.22. The highest BCUT2D eigenvalue weighted by molar-refractivity contribution is 5.90. The van der Waals surface area contributed by atoms with Crippen LogP contribution in [0.2, 0.25) is 0 Å². The van der Waals surface area contributed by atoms with Gasteiger partial charge < -0.3 is 10.1 Å². The maximum atomic E-state index is 11.4. The van der Waals surface area contributed by atoms with Gasteiger partial charge in [-0.1, -0.05) is 0 Å². The van der Waals surface area contributed by atoms with Crippen molar-refractivity contribution in [2.45, 2.75) is 25.0 Å². The first-order chi connectivity index (χ1) is 6.79. The molecule has 1 amide bonds. The first-order valence-electron chi connectivity index (χ1n) is 4.36. The number of nitrogens with one attached hydrogen (secondary N) is 2. The third-order valence-electron chi connectivity index (χ3n) is 2.31. The highest BCUT2D eigenvalue weighted by Gasteiger charge is 2.30. The summed E-state index contributed by atoms with van der Waals surface area (Å²) in [6.45, 7) is 0. The van der Waals surface area contributed by atoms with E-state index < -0.39 is 0 Å². The van der Waals surface area contributed by atoms with E-state index in [1.54, 1.807) is 7.11 Å². The summed E-state index contributed by atoms with van der Waals surface area (Å²) in [7, 11) is 1.67. The molecule has 1 aromatic rings. The zero-order valence-corrected chi connectivity index (χ0v) is 7.73. The van der Waals surface area contributed by atoms with Crippen LogP contribution in [0.5, 0.6) is 0 Å². The maximum Gasteiger partial charge on any atom is 0.293 e. The molecule has 0 bridgehead atoms. The molecule has 1 saturated carbocycles. The van der Waals surface area contributed by atoms with Crippen LogP contribution in [-0.2, 0) is 4.74 Å². The second kappa shape index (κ2) is 3.70. The smallest absolute Gasteiger partial charge is 0.293 e. The summed E-state index contributed by atoms with van der Waals surface area (Å²) in [5.41, 5.74) is 0. The standard InChI is InChI=1S/C7H11N5O2/c1-14-5-2-4(3-5)8-7(13)6-9-11-12-10-6/h4-5H,2-3H2,1H3,(H,8,13)(H,9,10,11,12). The Morgan fingerprint density at radius 2 is 2.43 bits per heavy atom. The number of hydrogen-bond acceptors (Lipinski definition) is 5. The minimum absolute atomic E-state index is 0.0749. The Balaban J connectivity index is 1.80. The molecule has 2 N–H and O–H groups in total. The first kappa shape index (κ1) is 9.07. The Morgan fingerprint density at radius 1 is 1.64 bits per heavy atom. The summed E-state index contributed by atoms with van der Waals surface area (Å²) >= 11 is 0. The van der Waals surface area contributed by atoms with Crippen molar-refractivity contribution in [3.05, 3.63) is 5.82 Å². The number of ether oxygens (including phenoxy) is 1. The lowest BCUT2D eigenvalue weighted by atomic mass is 9.89. The number of nitrogens with zero attached hydrogens (tertiary/aromatic N) is 3. The van der Waals surface area contributed by atoms with Crippen molar-refractivity contribution < 1.29 is 9.53 Å². The topological polar surface area (TPSA) is 92.8 Å². The van der Waals surface area contributed by atoms with Crippen LogP contribution in [0.15, 0.2) is 0 Å². The quantitative estimate of drug-likeness (QED) is 0.655. The summed E-state index contributed by atoms with van der Waals surface area (Å²) in [6, 6.07) is 0.172. The van der Waals surface area contributed by atoms with Gasteiger partial charge in [-0.25, -0.2) is 0 Å². The molecule has 1 aromatic heterocycles. The number of tetrazole rings is 1. The summed E-state index contributed by atoms with van der Waals surface area (Å²) in [5, 5.41) is 15.5. The van der Waals surface area contributed by atoms with E-state index in [9.17, 15) is 4.79 Å². The average molecular weight is 197 g/mol. The third-order valence-corrected chi connectivity index (χ3v) is 2.31. The molecule has 1 aliphatic rings. The number of hydrogen-bond donors (Lipinski definition) is 2. The van der Waals surface area contributed by atoms with Gasteiger partial charge in [0.15, 0.2) is 0 Å². The van der Waals surface area contributed by atoms with Gasteiger partial charge in [0.05, 0.1) is 6.10 Å². The Bertz CT molecular complexity index is 306. The van der Waals surface area contributed by atoms with Crippen molar-refractivity contribution >= 4 is 5.91 Å². The lowest BCUT2D eigenvalue weighted by Crippen LogP contribution is -2.47. The zero-order valence-electron chi connectivity index (χ0n) is 7.73. The number of methoxy groups -OCH3 is 1. The number of carbonyl (C=O) groups is 1. The van der Waals surface area contributed by atoms with Gasteiger partial charge in [0, 0.05) is 13.2 Å². The molecular formula is C7H11N5O2. The van der Waals surface area contributed by atoms with Crippen LogP contribution in [0.4, 0.5) is 0 Å². The van der Waals surface area contributed by atoms with Crippen LogP contribution in [0.1, 0.15) is 23.5 Å². The minimum Gasteiger partial charge on any atom is -0.381 e. The van der Waals surface area contributed by atoms with Crippen molar-refractivity contribution in [3.63, 3.8) is 0 Å². The molecule has 0 aliphatic heterocycles. The molecule has 76 valence electrons. The number of H-pyrrole nitrogens is 1. The fourth-order valence-electron chi connectivity index (χ4n) is 1.38. The van der Waals surface area contributed by atoms with Crippen LogP contribution < -0.4 is 5.32 Å². The maximum absolute atomic E-state index is 11.4. The molecule has 2 rings (SSSR count). The number of aromatic nitrogens is 4. The van der Waals surface area contributed by atoms with Gasteiger partial charge in [-0.05, 0) is 18.1 Å². The fourth-order valence-corrected chi connectivity index (χ4v) is 1.38. The largest absolute Gasteiger partial charge is 0.381 e. The Morgan fingerprint density at radius 3 is 3.00 bits per heavy atom. The molecular weight excluding hydrogens is 186 g/mol. The van der Waals surface area contributed by atoms with Gasteiger partial charge in [0.2, 0.25) is 0 Å². The summed E-state index contributed by atoms with van der Waals surface area (Å²) in [6.07, 6.45) is 1.96. The first-order valence-corrected chi connectivity index (χ1v) is 4.36. The van der Waals surface area contributed by atoms with E-state index in [2.05, 4.69) is 25.9 Å².